The second-order valence-corrected chi connectivity index (χ2v) is 8.31. The van der Waals surface area contributed by atoms with Gasteiger partial charge in [0.2, 0.25) is 0 Å². The highest BCUT2D eigenvalue weighted by Crippen LogP contribution is 2.19. The molecule has 0 aliphatic carbocycles. The number of carbonyl (C=O) groups is 3. The van der Waals surface area contributed by atoms with Gasteiger partial charge in [-0.2, -0.15) is 0 Å². The van der Waals surface area contributed by atoms with Gasteiger partial charge in [0.05, 0.1) is 5.02 Å². The van der Waals surface area contributed by atoms with Gasteiger partial charge in [0.1, 0.15) is 5.82 Å². The van der Waals surface area contributed by atoms with E-state index in [-0.39, 0.29) is 28.2 Å². The van der Waals surface area contributed by atoms with Crippen molar-refractivity contribution < 1.29 is 18.8 Å². The third kappa shape index (κ3) is 6.67. The van der Waals surface area contributed by atoms with E-state index in [0.717, 1.165) is 18.9 Å². The number of amides is 4. The van der Waals surface area contributed by atoms with Gasteiger partial charge < -0.3 is 20.9 Å². The minimum absolute atomic E-state index is 0.0904. The molecular weight excluding hydrogens is 387 g/mol. The van der Waals surface area contributed by atoms with Gasteiger partial charge in [-0.05, 0) is 57.7 Å². The van der Waals surface area contributed by atoms with Gasteiger partial charge in [-0.1, -0.05) is 11.6 Å². The average Bonchev–Trinajstić information content (AvgIpc) is 2.61. The Morgan fingerprint density at radius 2 is 1.82 bits per heavy atom. The Hall–Kier alpha value is -2.35. The number of nitrogens with one attached hydrogen (secondary N) is 3. The van der Waals surface area contributed by atoms with Crippen molar-refractivity contribution in [1.82, 2.24) is 15.5 Å². The molecule has 1 aliphatic heterocycles. The van der Waals surface area contributed by atoms with Crippen LogP contribution in [0.25, 0.3) is 0 Å². The number of piperidine rings is 1. The van der Waals surface area contributed by atoms with Crippen LogP contribution in [-0.4, -0.2) is 47.9 Å². The molecule has 0 radical (unpaired) electrons. The molecule has 0 atom stereocenters. The smallest absolute Gasteiger partial charge is 0.317 e. The molecule has 0 saturated carbocycles. The van der Waals surface area contributed by atoms with Crippen molar-refractivity contribution in [3.05, 3.63) is 29.0 Å². The number of likely N-dealkylation sites (tertiary alicyclic amines) is 1. The van der Waals surface area contributed by atoms with Gasteiger partial charge in [-0.25, -0.2) is 9.18 Å². The van der Waals surface area contributed by atoms with Crippen LogP contribution in [0.4, 0.5) is 14.9 Å². The van der Waals surface area contributed by atoms with Crippen molar-refractivity contribution in [3.8, 4) is 0 Å². The predicted octanol–water partition coefficient (Wildman–Crippen LogP) is 2.75. The number of halogens is 2. The summed E-state index contributed by atoms with van der Waals surface area (Å²) in [7, 11) is 0. The molecule has 28 heavy (non-hydrogen) atoms. The molecule has 2 rings (SSSR count). The number of urea groups is 1. The zero-order valence-electron chi connectivity index (χ0n) is 16.3. The number of carbonyl (C=O) groups excluding carboxylic acids is 3. The fraction of sp³-hybridized carbons (Fsp3) is 0.526. The molecule has 9 heteroatoms. The Bertz CT molecular complexity index is 743. The second-order valence-electron chi connectivity index (χ2n) is 7.90. The van der Waals surface area contributed by atoms with Crippen LogP contribution < -0.4 is 16.0 Å². The number of hydrogen-bond donors (Lipinski definition) is 3. The molecule has 4 amide bonds. The van der Waals surface area contributed by atoms with Crippen LogP contribution in [0.3, 0.4) is 0 Å². The van der Waals surface area contributed by atoms with Crippen molar-refractivity contribution in [2.75, 3.05) is 25.0 Å². The van der Waals surface area contributed by atoms with Crippen LogP contribution in [0.15, 0.2) is 18.2 Å². The molecule has 1 heterocycles. The maximum absolute atomic E-state index is 13.1. The summed E-state index contributed by atoms with van der Waals surface area (Å²) in [6.07, 6.45) is 1.49. The largest absolute Gasteiger partial charge is 0.348 e. The molecule has 0 bridgehead atoms. The van der Waals surface area contributed by atoms with Crippen molar-refractivity contribution in [1.29, 1.82) is 0 Å². The van der Waals surface area contributed by atoms with Crippen LogP contribution in [0.5, 0.6) is 0 Å². The van der Waals surface area contributed by atoms with Crippen molar-refractivity contribution in [3.63, 3.8) is 0 Å². The number of benzene rings is 1. The third-order valence-electron chi connectivity index (χ3n) is 4.32. The first-order valence-corrected chi connectivity index (χ1v) is 9.54. The lowest BCUT2D eigenvalue weighted by Gasteiger charge is -2.34. The second kappa shape index (κ2) is 9.23. The summed E-state index contributed by atoms with van der Waals surface area (Å²) in [6, 6.07) is 3.58. The lowest BCUT2D eigenvalue weighted by molar-refractivity contribution is -0.136. The van der Waals surface area contributed by atoms with Gasteiger partial charge in [-0.15, -0.1) is 0 Å². The topological polar surface area (TPSA) is 90.5 Å². The van der Waals surface area contributed by atoms with Crippen molar-refractivity contribution in [2.45, 2.75) is 39.2 Å². The molecule has 0 aromatic heterocycles. The monoisotopic (exact) mass is 412 g/mol. The van der Waals surface area contributed by atoms with Crippen LogP contribution in [0.1, 0.15) is 33.6 Å². The summed E-state index contributed by atoms with van der Waals surface area (Å²) in [5.74, 6) is -2.03. The van der Waals surface area contributed by atoms with Gasteiger partial charge in [0.15, 0.2) is 0 Å². The normalized spacial score (nSPS) is 15.1. The van der Waals surface area contributed by atoms with E-state index in [4.69, 9.17) is 11.6 Å². The summed E-state index contributed by atoms with van der Waals surface area (Å²) in [6.45, 7) is 7.34. The number of anilines is 1. The molecule has 1 fully saturated rings. The Balaban J connectivity index is 1.74. The maximum atomic E-state index is 13.1. The molecule has 1 aromatic carbocycles. The van der Waals surface area contributed by atoms with E-state index in [9.17, 15) is 18.8 Å². The molecule has 1 saturated heterocycles. The van der Waals surface area contributed by atoms with Crippen LogP contribution in [-0.2, 0) is 9.59 Å². The first-order chi connectivity index (χ1) is 13.0. The average molecular weight is 413 g/mol. The number of hydrogen-bond acceptors (Lipinski definition) is 3. The van der Waals surface area contributed by atoms with Crippen LogP contribution >= 0.6 is 11.6 Å². The van der Waals surface area contributed by atoms with Crippen molar-refractivity contribution in [2.24, 2.45) is 5.92 Å². The van der Waals surface area contributed by atoms with Gasteiger partial charge >= 0.3 is 17.8 Å². The summed E-state index contributed by atoms with van der Waals surface area (Å²) >= 11 is 5.65. The quantitative estimate of drug-likeness (QED) is 0.667. The molecular formula is C19H26ClFN4O3. The molecule has 7 nitrogen and oxygen atoms in total. The van der Waals surface area contributed by atoms with E-state index in [2.05, 4.69) is 16.0 Å². The SMILES string of the molecule is CC(C)(C)NC(=O)N1CCC(CNC(=O)C(=O)Nc2ccc(F)c(Cl)c2)CC1. The molecule has 1 aromatic rings. The summed E-state index contributed by atoms with van der Waals surface area (Å²) in [5, 5.41) is 7.77. The summed E-state index contributed by atoms with van der Waals surface area (Å²) in [4.78, 5) is 37.8. The molecule has 154 valence electrons. The van der Waals surface area contributed by atoms with Gasteiger partial charge in [0.25, 0.3) is 0 Å². The summed E-state index contributed by atoms with van der Waals surface area (Å²) in [5.41, 5.74) is -0.0472. The van der Waals surface area contributed by atoms with E-state index in [1.54, 1.807) is 4.90 Å². The Kier molecular flexibility index (Phi) is 7.23. The number of rotatable bonds is 3. The van der Waals surface area contributed by atoms with E-state index < -0.39 is 17.6 Å². The first-order valence-electron chi connectivity index (χ1n) is 9.16. The number of nitrogens with zero attached hydrogens (tertiary/aromatic N) is 1. The fourth-order valence-corrected chi connectivity index (χ4v) is 3.00. The standard InChI is InChI=1S/C19H26ClFN4O3/c1-19(2,3)24-18(28)25-8-6-12(7-9-25)11-22-16(26)17(27)23-13-4-5-15(21)14(20)10-13/h4-5,10,12H,6-9,11H2,1-3H3,(H,22,26)(H,23,27)(H,24,28). The fourth-order valence-electron chi connectivity index (χ4n) is 2.82. The Morgan fingerprint density at radius 1 is 1.18 bits per heavy atom. The maximum Gasteiger partial charge on any atom is 0.317 e. The molecule has 1 aliphatic rings. The van der Waals surface area contributed by atoms with E-state index >= 15 is 0 Å². The molecule has 3 N–H and O–H groups in total. The Morgan fingerprint density at radius 3 is 2.39 bits per heavy atom. The lowest BCUT2D eigenvalue weighted by Crippen LogP contribution is -2.51. The van der Waals surface area contributed by atoms with Crippen LogP contribution in [0.2, 0.25) is 5.02 Å². The molecule has 0 spiro atoms. The van der Waals surface area contributed by atoms with E-state index in [1.807, 2.05) is 20.8 Å². The first kappa shape index (κ1) is 21.9. The van der Waals surface area contributed by atoms with Crippen LogP contribution in [0, 0.1) is 11.7 Å². The lowest BCUT2D eigenvalue weighted by atomic mass is 9.97. The van der Waals surface area contributed by atoms with Gasteiger partial charge in [0, 0.05) is 30.9 Å². The summed E-state index contributed by atoms with van der Waals surface area (Å²) < 4.78 is 13.1. The van der Waals surface area contributed by atoms with E-state index in [0.29, 0.717) is 19.6 Å². The minimum Gasteiger partial charge on any atom is -0.348 e. The Labute approximate surface area is 169 Å². The zero-order chi connectivity index (χ0) is 20.9. The minimum atomic E-state index is -0.843. The molecule has 0 unspecified atom stereocenters. The third-order valence-corrected chi connectivity index (χ3v) is 4.61. The van der Waals surface area contributed by atoms with E-state index in [1.165, 1.54) is 12.1 Å². The highest BCUT2D eigenvalue weighted by molar-refractivity contribution is 6.39. The van der Waals surface area contributed by atoms with Gasteiger partial charge in [-0.3, -0.25) is 9.59 Å². The zero-order valence-corrected chi connectivity index (χ0v) is 17.0. The highest BCUT2D eigenvalue weighted by Gasteiger charge is 2.26. The predicted molar refractivity (Wildman–Crippen MR) is 106 cm³/mol. The highest BCUT2D eigenvalue weighted by atomic mass is 35.5. The van der Waals surface area contributed by atoms with Crippen molar-refractivity contribution >= 4 is 35.1 Å².